The number of rotatable bonds is 8. The molecule has 1 amide bonds. The summed E-state index contributed by atoms with van der Waals surface area (Å²) in [6.07, 6.45) is 1.78. The third kappa shape index (κ3) is 8.31. The fourth-order valence-corrected chi connectivity index (χ4v) is 2.09. The van der Waals surface area contributed by atoms with Crippen molar-refractivity contribution in [2.75, 3.05) is 12.9 Å². The Morgan fingerprint density at radius 2 is 1.95 bits per heavy atom. The van der Waals surface area contributed by atoms with Gasteiger partial charge in [0.1, 0.15) is 6.61 Å². The molecule has 0 bridgehead atoms. The minimum Gasteiger partial charge on any atom is -0.445 e. The average molecular weight is 315 g/mol. The molecular weight excluding hydrogens is 294 g/mol. The predicted molar refractivity (Wildman–Crippen MR) is 79.3 cm³/mol. The zero-order chi connectivity index (χ0) is 15.7. The van der Waals surface area contributed by atoms with Gasteiger partial charge in [0.2, 0.25) is 0 Å². The zero-order valence-electron chi connectivity index (χ0n) is 12.2. The molecule has 118 valence electrons. The summed E-state index contributed by atoms with van der Waals surface area (Å²) in [4.78, 5) is 11.7. The van der Waals surface area contributed by atoms with E-state index in [1.807, 2.05) is 37.3 Å². The molecule has 0 aliphatic rings. The van der Waals surface area contributed by atoms with Crippen LogP contribution in [-0.2, 0) is 25.6 Å². The molecule has 1 aromatic rings. The monoisotopic (exact) mass is 315 g/mol. The van der Waals surface area contributed by atoms with Gasteiger partial charge in [0, 0.05) is 0 Å². The molecule has 0 heterocycles. The van der Waals surface area contributed by atoms with E-state index in [-0.39, 0.29) is 13.2 Å². The summed E-state index contributed by atoms with van der Waals surface area (Å²) in [7, 11) is -3.52. The van der Waals surface area contributed by atoms with Crippen LogP contribution in [0.2, 0.25) is 0 Å². The van der Waals surface area contributed by atoms with Gasteiger partial charge in [-0.25, -0.2) is 4.79 Å². The minimum absolute atomic E-state index is 0.0902. The molecule has 0 aliphatic heterocycles. The van der Waals surface area contributed by atoms with Gasteiger partial charge in [-0.15, -0.1) is 0 Å². The Morgan fingerprint density at radius 1 is 1.29 bits per heavy atom. The maximum Gasteiger partial charge on any atom is 0.407 e. The SMILES string of the molecule is CCC[C@H](COS(C)(=O)=O)NC(=O)OCc1ccccc1. The first kappa shape index (κ1) is 17.5. The Balaban J connectivity index is 2.41. The first-order valence-electron chi connectivity index (χ1n) is 6.72. The molecule has 0 aliphatic carbocycles. The fraction of sp³-hybridized carbons (Fsp3) is 0.500. The largest absolute Gasteiger partial charge is 0.445 e. The van der Waals surface area contributed by atoms with Crippen LogP contribution < -0.4 is 5.32 Å². The van der Waals surface area contributed by atoms with Crippen LogP contribution in [0.3, 0.4) is 0 Å². The highest BCUT2D eigenvalue weighted by atomic mass is 32.2. The van der Waals surface area contributed by atoms with Crippen molar-refractivity contribution in [2.24, 2.45) is 0 Å². The van der Waals surface area contributed by atoms with Crippen molar-refractivity contribution >= 4 is 16.2 Å². The number of hydrogen-bond donors (Lipinski definition) is 1. The van der Waals surface area contributed by atoms with Gasteiger partial charge < -0.3 is 10.1 Å². The lowest BCUT2D eigenvalue weighted by molar-refractivity contribution is 0.130. The van der Waals surface area contributed by atoms with Gasteiger partial charge in [0.25, 0.3) is 10.1 Å². The van der Waals surface area contributed by atoms with Crippen molar-refractivity contribution in [3.63, 3.8) is 0 Å². The summed E-state index contributed by atoms with van der Waals surface area (Å²) < 4.78 is 31.7. The van der Waals surface area contributed by atoms with Gasteiger partial charge in [-0.1, -0.05) is 43.7 Å². The second-order valence-corrected chi connectivity index (χ2v) is 6.32. The second kappa shape index (κ2) is 8.63. The molecule has 1 rings (SSSR count). The van der Waals surface area contributed by atoms with E-state index in [0.717, 1.165) is 18.2 Å². The van der Waals surface area contributed by atoms with Crippen LogP contribution in [0, 0.1) is 0 Å². The summed E-state index contributed by atoms with van der Waals surface area (Å²) in [6.45, 7) is 2.01. The predicted octanol–water partition coefficient (Wildman–Crippen LogP) is 2.06. The van der Waals surface area contributed by atoms with E-state index in [2.05, 4.69) is 5.32 Å². The standard InChI is InChI=1S/C14H21NO5S/c1-3-7-13(11-20-21(2,17)18)15-14(16)19-10-12-8-5-4-6-9-12/h4-6,8-9,13H,3,7,10-11H2,1-2H3,(H,15,16)/t13-/m1/s1. The van der Waals surface area contributed by atoms with Crippen LogP contribution in [0.1, 0.15) is 25.3 Å². The van der Waals surface area contributed by atoms with Crippen molar-refractivity contribution in [1.82, 2.24) is 5.32 Å². The fourth-order valence-electron chi connectivity index (χ4n) is 1.68. The molecular formula is C14H21NO5S. The highest BCUT2D eigenvalue weighted by Crippen LogP contribution is 2.03. The first-order chi connectivity index (χ1) is 9.90. The average Bonchev–Trinajstić information content (AvgIpc) is 2.43. The molecule has 1 N–H and O–H groups in total. The summed E-state index contributed by atoms with van der Waals surface area (Å²) >= 11 is 0. The Morgan fingerprint density at radius 3 is 2.52 bits per heavy atom. The van der Waals surface area contributed by atoms with Gasteiger partial charge in [-0.3, -0.25) is 4.18 Å². The molecule has 1 atom stereocenters. The van der Waals surface area contributed by atoms with Crippen molar-refractivity contribution in [2.45, 2.75) is 32.4 Å². The molecule has 0 spiro atoms. The van der Waals surface area contributed by atoms with Crippen LogP contribution in [0.15, 0.2) is 30.3 Å². The highest BCUT2D eigenvalue weighted by molar-refractivity contribution is 7.85. The van der Waals surface area contributed by atoms with Crippen LogP contribution in [0.25, 0.3) is 0 Å². The lowest BCUT2D eigenvalue weighted by Crippen LogP contribution is -2.39. The number of carbonyl (C=O) groups is 1. The van der Waals surface area contributed by atoms with Crippen molar-refractivity contribution in [1.29, 1.82) is 0 Å². The highest BCUT2D eigenvalue weighted by Gasteiger charge is 2.15. The van der Waals surface area contributed by atoms with Gasteiger partial charge in [-0.05, 0) is 12.0 Å². The molecule has 0 aromatic heterocycles. The normalized spacial score (nSPS) is 12.7. The first-order valence-corrected chi connectivity index (χ1v) is 8.54. The van der Waals surface area contributed by atoms with E-state index in [9.17, 15) is 13.2 Å². The summed E-state index contributed by atoms with van der Waals surface area (Å²) in [5, 5.41) is 2.61. The van der Waals surface area contributed by atoms with Crippen molar-refractivity contribution in [3.05, 3.63) is 35.9 Å². The smallest absolute Gasteiger partial charge is 0.407 e. The molecule has 0 unspecified atom stereocenters. The summed E-state index contributed by atoms with van der Waals surface area (Å²) in [6, 6.07) is 8.90. The molecule has 0 saturated heterocycles. The molecule has 21 heavy (non-hydrogen) atoms. The van der Waals surface area contributed by atoms with Crippen LogP contribution in [0.4, 0.5) is 4.79 Å². The van der Waals surface area contributed by atoms with E-state index in [1.165, 1.54) is 0 Å². The Kier molecular flexibility index (Phi) is 7.18. The van der Waals surface area contributed by atoms with E-state index in [0.29, 0.717) is 6.42 Å². The molecule has 0 radical (unpaired) electrons. The number of hydrogen-bond acceptors (Lipinski definition) is 5. The molecule has 7 heteroatoms. The van der Waals surface area contributed by atoms with Gasteiger partial charge in [0.15, 0.2) is 0 Å². The van der Waals surface area contributed by atoms with E-state index in [1.54, 1.807) is 0 Å². The number of alkyl carbamates (subject to hydrolysis) is 1. The third-order valence-corrected chi connectivity index (χ3v) is 3.22. The van der Waals surface area contributed by atoms with Gasteiger partial charge >= 0.3 is 6.09 Å². The van der Waals surface area contributed by atoms with Gasteiger partial charge in [-0.2, -0.15) is 8.42 Å². The van der Waals surface area contributed by atoms with Crippen LogP contribution in [0.5, 0.6) is 0 Å². The quantitative estimate of drug-likeness (QED) is 0.743. The Labute approximate surface area is 125 Å². The molecule has 0 saturated carbocycles. The maximum absolute atomic E-state index is 11.7. The van der Waals surface area contributed by atoms with Crippen LogP contribution >= 0.6 is 0 Å². The van der Waals surface area contributed by atoms with E-state index in [4.69, 9.17) is 8.92 Å². The maximum atomic E-state index is 11.7. The van der Waals surface area contributed by atoms with Gasteiger partial charge in [0.05, 0.1) is 18.9 Å². The van der Waals surface area contributed by atoms with Crippen molar-refractivity contribution in [3.8, 4) is 0 Å². The molecule has 0 fully saturated rings. The van der Waals surface area contributed by atoms with Crippen LogP contribution in [-0.4, -0.2) is 33.4 Å². The molecule has 1 aromatic carbocycles. The Hall–Kier alpha value is -1.60. The number of carbonyl (C=O) groups excluding carboxylic acids is 1. The third-order valence-electron chi connectivity index (χ3n) is 2.66. The van der Waals surface area contributed by atoms with Crippen molar-refractivity contribution < 1.29 is 22.1 Å². The lowest BCUT2D eigenvalue weighted by Gasteiger charge is -2.17. The summed E-state index contributed by atoms with van der Waals surface area (Å²) in [5.41, 5.74) is 0.882. The number of benzene rings is 1. The number of amides is 1. The van der Waals surface area contributed by atoms with E-state index < -0.39 is 22.3 Å². The van der Waals surface area contributed by atoms with E-state index >= 15 is 0 Å². The Bertz CT molecular complexity index is 530. The molecule has 6 nitrogen and oxygen atoms in total. The minimum atomic E-state index is -3.52. The second-order valence-electron chi connectivity index (χ2n) is 4.68. The zero-order valence-corrected chi connectivity index (χ0v) is 13.1. The number of ether oxygens (including phenoxy) is 1. The lowest BCUT2D eigenvalue weighted by atomic mass is 10.2. The topological polar surface area (TPSA) is 81.7 Å². The summed E-state index contributed by atoms with van der Waals surface area (Å²) in [5.74, 6) is 0. The number of nitrogens with one attached hydrogen (secondary N) is 1.